The number of thiophene rings is 1. The van der Waals surface area contributed by atoms with Crippen LogP contribution in [0.15, 0.2) is 4.79 Å². The van der Waals surface area contributed by atoms with Gasteiger partial charge in [-0.1, -0.05) is 25.7 Å². The van der Waals surface area contributed by atoms with Crippen LogP contribution in [-0.4, -0.2) is 21.5 Å². The van der Waals surface area contributed by atoms with Crippen molar-refractivity contribution >= 4 is 27.5 Å². The van der Waals surface area contributed by atoms with Crippen LogP contribution in [0, 0.1) is 13.8 Å². The first-order chi connectivity index (χ1) is 11.0. The molecule has 2 heterocycles. The molecule has 0 radical (unpaired) electrons. The molecule has 0 saturated heterocycles. The van der Waals surface area contributed by atoms with Gasteiger partial charge in [-0.3, -0.25) is 14.2 Å². The summed E-state index contributed by atoms with van der Waals surface area (Å²) in [6.07, 6.45) is 6.97. The lowest BCUT2D eigenvalue weighted by molar-refractivity contribution is 0.0937. The van der Waals surface area contributed by atoms with E-state index in [-0.39, 0.29) is 17.5 Å². The first-order valence-electron chi connectivity index (χ1n) is 8.26. The largest absolute Gasteiger partial charge is 0.349 e. The van der Waals surface area contributed by atoms with E-state index >= 15 is 0 Å². The Bertz CT molecular complexity index is 798. The van der Waals surface area contributed by atoms with Gasteiger partial charge < -0.3 is 5.32 Å². The molecule has 1 saturated carbocycles. The van der Waals surface area contributed by atoms with Crippen LogP contribution in [0.2, 0.25) is 0 Å². The van der Waals surface area contributed by atoms with Gasteiger partial charge in [0.2, 0.25) is 0 Å². The molecule has 6 heteroatoms. The molecule has 1 amide bonds. The van der Waals surface area contributed by atoms with Crippen LogP contribution >= 0.6 is 11.3 Å². The minimum Gasteiger partial charge on any atom is -0.349 e. The summed E-state index contributed by atoms with van der Waals surface area (Å²) >= 11 is 1.33. The molecule has 1 N–H and O–H groups in total. The number of fused-ring (bicyclic) bond motifs is 1. The predicted octanol–water partition coefficient (Wildman–Crippen LogP) is 3.06. The van der Waals surface area contributed by atoms with Crippen molar-refractivity contribution in [2.24, 2.45) is 7.05 Å². The molecule has 1 fully saturated rings. The Kier molecular flexibility index (Phi) is 4.53. The van der Waals surface area contributed by atoms with E-state index in [0.29, 0.717) is 20.9 Å². The maximum atomic E-state index is 12.7. The van der Waals surface area contributed by atoms with Crippen molar-refractivity contribution in [3.63, 3.8) is 0 Å². The SMILES string of the molecule is Cc1c(C(=O)NC2CCCCCC2)sc2nc(C)n(C)c(=O)c12. The third kappa shape index (κ3) is 3.04. The van der Waals surface area contributed by atoms with Crippen LogP contribution in [0.3, 0.4) is 0 Å². The number of nitrogens with one attached hydrogen (secondary N) is 1. The zero-order chi connectivity index (χ0) is 16.6. The molecule has 0 aliphatic heterocycles. The van der Waals surface area contributed by atoms with Crippen LogP contribution in [0.5, 0.6) is 0 Å². The normalized spacial score (nSPS) is 16.5. The molecule has 5 nitrogen and oxygen atoms in total. The van der Waals surface area contributed by atoms with E-state index in [0.717, 1.165) is 18.4 Å². The fourth-order valence-electron chi connectivity index (χ4n) is 3.26. The standard InChI is InChI=1S/C17H23N3O2S/c1-10-13-16(18-11(2)20(3)17(13)22)23-14(10)15(21)19-12-8-6-4-5-7-9-12/h12H,4-9H2,1-3H3,(H,19,21). The van der Waals surface area contributed by atoms with Crippen molar-refractivity contribution in [2.75, 3.05) is 0 Å². The summed E-state index contributed by atoms with van der Waals surface area (Å²) in [5, 5.41) is 3.74. The van der Waals surface area contributed by atoms with Gasteiger partial charge in [-0.2, -0.15) is 0 Å². The van der Waals surface area contributed by atoms with Crippen molar-refractivity contribution < 1.29 is 4.79 Å². The summed E-state index contributed by atoms with van der Waals surface area (Å²) in [7, 11) is 1.71. The van der Waals surface area contributed by atoms with Crippen LogP contribution in [0.4, 0.5) is 0 Å². The highest BCUT2D eigenvalue weighted by atomic mass is 32.1. The molecule has 23 heavy (non-hydrogen) atoms. The number of aromatic nitrogens is 2. The molecular weight excluding hydrogens is 310 g/mol. The van der Waals surface area contributed by atoms with Gasteiger partial charge in [0.1, 0.15) is 10.7 Å². The Labute approximate surface area is 139 Å². The molecular formula is C17H23N3O2S. The third-order valence-electron chi connectivity index (χ3n) is 4.79. The Hall–Kier alpha value is -1.69. The first-order valence-corrected chi connectivity index (χ1v) is 9.08. The predicted molar refractivity (Wildman–Crippen MR) is 93.3 cm³/mol. The monoisotopic (exact) mass is 333 g/mol. The van der Waals surface area contributed by atoms with Crippen molar-refractivity contribution in [1.29, 1.82) is 0 Å². The van der Waals surface area contributed by atoms with E-state index in [1.165, 1.54) is 41.6 Å². The lowest BCUT2D eigenvalue weighted by Gasteiger charge is -2.15. The fraction of sp³-hybridized carbons (Fsp3) is 0.588. The number of hydrogen-bond acceptors (Lipinski definition) is 4. The Morgan fingerprint density at radius 2 is 1.87 bits per heavy atom. The summed E-state index contributed by atoms with van der Waals surface area (Å²) in [5.41, 5.74) is 0.680. The maximum absolute atomic E-state index is 12.7. The second kappa shape index (κ2) is 6.43. The van der Waals surface area contributed by atoms with Crippen molar-refractivity contribution in [1.82, 2.24) is 14.9 Å². The summed E-state index contributed by atoms with van der Waals surface area (Å²) in [4.78, 5) is 30.8. The van der Waals surface area contributed by atoms with Gasteiger partial charge in [-0.05, 0) is 32.3 Å². The lowest BCUT2D eigenvalue weighted by Crippen LogP contribution is -2.34. The highest BCUT2D eigenvalue weighted by molar-refractivity contribution is 7.20. The summed E-state index contributed by atoms with van der Waals surface area (Å²) in [6, 6.07) is 0.257. The van der Waals surface area contributed by atoms with Gasteiger partial charge in [-0.25, -0.2) is 4.98 Å². The third-order valence-corrected chi connectivity index (χ3v) is 5.98. The summed E-state index contributed by atoms with van der Waals surface area (Å²) < 4.78 is 1.54. The maximum Gasteiger partial charge on any atom is 0.262 e. The van der Waals surface area contributed by atoms with E-state index in [4.69, 9.17) is 0 Å². The second-order valence-corrected chi connectivity index (χ2v) is 7.42. The van der Waals surface area contributed by atoms with Crippen LogP contribution < -0.4 is 10.9 Å². The number of carbonyl (C=O) groups is 1. The molecule has 124 valence electrons. The number of amides is 1. The second-order valence-electron chi connectivity index (χ2n) is 6.42. The van der Waals surface area contributed by atoms with Gasteiger partial charge in [0, 0.05) is 13.1 Å². The fourth-order valence-corrected chi connectivity index (χ4v) is 4.38. The van der Waals surface area contributed by atoms with E-state index in [1.54, 1.807) is 14.0 Å². The highest BCUT2D eigenvalue weighted by Crippen LogP contribution is 2.28. The molecule has 2 aromatic heterocycles. The smallest absolute Gasteiger partial charge is 0.262 e. The average Bonchev–Trinajstić information content (AvgIpc) is 2.69. The Morgan fingerprint density at radius 3 is 2.52 bits per heavy atom. The van der Waals surface area contributed by atoms with Gasteiger partial charge in [0.05, 0.1) is 10.3 Å². The topological polar surface area (TPSA) is 64.0 Å². The average molecular weight is 333 g/mol. The van der Waals surface area contributed by atoms with Gasteiger partial charge >= 0.3 is 0 Å². The number of carbonyl (C=O) groups excluding carboxylic acids is 1. The van der Waals surface area contributed by atoms with Gasteiger partial charge in [-0.15, -0.1) is 11.3 Å². The van der Waals surface area contributed by atoms with E-state index in [9.17, 15) is 9.59 Å². The van der Waals surface area contributed by atoms with Crippen LogP contribution in [0.1, 0.15) is 59.6 Å². The van der Waals surface area contributed by atoms with E-state index < -0.39 is 0 Å². The van der Waals surface area contributed by atoms with Crippen LogP contribution in [0.25, 0.3) is 10.2 Å². The molecule has 0 unspecified atom stereocenters. The number of aryl methyl sites for hydroxylation is 2. The van der Waals surface area contributed by atoms with Crippen molar-refractivity contribution in [3.05, 3.63) is 26.6 Å². The van der Waals surface area contributed by atoms with E-state index in [2.05, 4.69) is 10.3 Å². The minimum absolute atomic E-state index is 0.0582. The molecule has 0 spiro atoms. The zero-order valence-corrected chi connectivity index (χ0v) is 14.8. The molecule has 1 aliphatic rings. The lowest BCUT2D eigenvalue weighted by atomic mass is 10.1. The van der Waals surface area contributed by atoms with Crippen molar-refractivity contribution in [2.45, 2.75) is 58.4 Å². The molecule has 3 rings (SSSR count). The zero-order valence-electron chi connectivity index (χ0n) is 13.9. The van der Waals surface area contributed by atoms with Crippen molar-refractivity contribution in [3.8, 4) is 0 Å². The highest BCUT2D eigenvalue weighted by Gasteiger charge is 2.22. The van der Waals surface area contributed by atoms with Gasteiger partial charge in [0.15, 0.2) is 0 Å². The molecule has 2 aromatic rings. The molecule has 0 aromatic carbocycles. The number of nitrogens with zero attached hydrogens (tertiary/aromatic N) is 2. The summed E-state index contributed by atoms with van der Waals surface area (Å²) in [6.45, 7) is 3.65. The molecule has 0 atom stereocenters. The molecule has 1 aliphatic carbocycles. The summed E-state index contributed by atoms with van der Waals surface area (Å²) in [5.74, 6) is 0.608. The van der Waals surface area contributed by atoms with E-state index in [1.807, 2.05) is 6.92 Å². The number of hydrogen-bond donors (Lipinski definition) is 1. The van der Waals surface area contributed by atoms with Crippen LogP contribution in [-0.2, 0) is 7.05 Å². The Balaban J connectivity index is 1.93. The minimum atomic E-state index is -0.0743. The van der Waals surface area contributed by atoms with Gasteiger partial charge in [0.25, 0.3) is 11.5 Å². The first kappa shape index (κ1) is 16.2. The molecule has 0 bridgehead atoms. The number of rotatable bonds is 2. The quantitative estimate of drug-likeness (QED) is 0.859. The Morgan fingerprint density at radius 1 is 1.22 bits per heavy atom.